The van der Waals surface area contributed by atoms with Crippen LogP contribution in [-0.2, 0) is 4.79 Å². The average Bonchev–Trinajstić information content (AvgIpc) is 2.27. The number of nitrogens with one attached hydrogen (secondary N) is 1. The van der Waals surface area contributed by atoms with E-state index in [1.807, 2.05) is 13.8 Å². The zero-order valence-corrected chi connectivity index (χ0v) is 11.8. The van der Waals surface area contributed by atoms with Crippen molar-refractivity contribution >= 4 is 34.8 Å². The van der Waals surface area contributed by atoms with Crippen molar-refractivity contribution in [2.75, 3.05) is 12.3 Å². The Balaban J connectivity index is 2.61. The second kappa shape index (κ2) is 6.71. The van der Waals surface area contributed by atoms with Crippen molar-refractivity contribution in [3.8, 4) is 5.75 Å². The second-order valence-corrected chi connectivity index (χ2v) is 4.79. The molecule has 3 N–H and O–H groups in total. The van der Waals surface area contributed by atoms with Gasteiger partial charge < -0.3 is 15.8 Å². The molecule has 1 aromatic carbocycles. The summed E-state index contributed by atoms with van der Waals surface area (Å²) in [6, 6.07) is 3.16. The lowest BCUT2D eigenvalue weighted by Crippen LogP contribution is -2.35. The summed E-state index contributed by atoms with van der Waals surface area (Å²) in [7, 11) is 0. The number of ether oxygens (including phenoxy) is 1. The minimum Gasteiger partial charge on any atom is -0.481 e. The molecule has 1 rings (SSSR count). The highest BCUT2D eigenvalue weighted by molar-refractivity contribution is 6.37. The molecule has 6 heteroatoms. The van der Waals surface area contributed by atoms with Crippen LogP contribution in [0, 0.1) is 0 Å². The number of carbonyl (C=O) groups is 1. The van der Waals surface area contributed by atoms with E-state index < -0.39 is 0 Å². The smallest absolute Gasteiger partial charge is 0.258 e. The Hall–Kier alpha value is -1.13. The van der Waals surface area contributed by atoms with Crippen molar-refractivity contribution in [1.82, 2.24) is 5.32 Å². The molecule has 0 aliphatic heterocycles. The van der Waals surface area contributed by atoms with Crippen LogP contribution in [0.25, 0.3) is 0 Å². The van der Waals surface area contributed by atoms with E-state index in [9.17, 15) is 4.79 Å². The molecular weight excluding hydrogens is 275 g/mol. The van der Waals surface area contributed by atoms with Crippen LogP contribution in [0.5, 0.6) is 5.75 Å². The summed E-state index contributed by atoms with van der Waals surface area (Å²) < 4.78 is 5.30. The molecule has 1 atom stereocenters. The molecule has 0 spiro atoms. The van der Waals surface area contributed by atoms with Crippen LogP contribution in [-0.4, -0.2) is 18.6 Å². The molecule has 0 heterocycles. The maximum Gasteiger partial charge on any atom is 0.258 e. The Morgan fingerprint density at radius 1 is 1.44 bits per heavy atom. The van der Waals surface area contributed by atoms with Gasteiger partial charge in [0, 0.05) is 11.7 Å². The molecule has 1 unspecified atom stereocenters. The molecule has 0 fully saturated rings. The van der Waals surface area contributed by atoms with Crippen molar-refractivity contribution < 1.29 is 9.53 Å². The first-order chi connectivity index (χ1) is 8.43. The Labute approximate surface area is 116 Å². The van der Waals surface area contributed by atoms with Crippen LogP contribution >= 0.6 is 23.2 Å². The highest BCUT2D eigenvalue weighted by atomic mass is 35.5. The Bertz CT molecular complexity index is 415. The van der Waals surface area contributed by atoms with Crippen molar-refractivity contribution in [3.63, 3.8) is 0 Å². The number of amides is 1. The summed E-state index contributed by atoms with van der Waals surface area (Å²) in [6.45, 7) is 3.77. The van der Waals surface area contributed by atoms with Gasteiger partial charge in [0.25, 0.3) is 5.91 Å². The molecule has 4 nitrogen and oxygen atoms in total. The summed E-state index contributed by atoms with van der Waals surface area (Å²) in [5.74, 6) is 0.0557. The van der Waals surface area contributed by atoms with E-state index in [4.69, 9.17) is 33.7 Å². The number of nitrogens with two attached hydrogens (primary N) is 1. The van der Waals surface area contributed by atoms with Gasteiger partial charge in [-0.1, -0.05) is 30.1 Å². The molecule has 18 heavy (non-hydrogen) atoms. The number of benzene rings is 1. The minimum absolute atomic E-state index is 0.110. The highest BCUT2D eigenvalue weighted by Gasteiger charge is 2.12. The minimum atomic E-state index is -0.215. The number of hydrogen-bond acceptors (Lipinski definition) is 3. The first-order valence-corrected chi connectivity index (χ1v) is 6.36. The third-order valence-electron chi connectivity index (χ3n) is 2.39. The quantitative estimate of drug-likeness (QED) is 0.820. The Morgan fingerprint density at radius 2 is 2.00 bits per heavy atom. The average molecular weight is 291 g/mol. The summed E-state index contributed by atoms with van der Waals surface area (Å²) in [6.07, 6.45) is 0.856. The van der Waals surface area contributed by atoms with Gasteiger partial charge in [-0.2, -0.15) is 0 Å². The summed E-state index contributed by atoms with van der Waals surface area (Å²) >= 11 is 11.9. The van der Waals surface area contributed by atoms with Gasteiger partial charge in [-0.3, -0.25) is 4.79 Å². The number of hydrogen-bond donors (Lipinski definition) is 2. The van der Waals surface area contributed by atoms with Crippen LogP contribution in [0.15, 0.2) is 12.1 Å². The molecule has 100 valence electrons. The molecule has 1 amide bonds. The van der Waals surface area contributed by atoms with Gasteiger partial charge >= 0.3 is 0 Å². The lowest BCUT2D eigenvalue weighted by Gasteiger charge is -2.13. The number of anilines is 1. The Kier molecular flexibility index (Phi) is 5.56. The third-order valence-corrected chi connectivity index (χ3v) is 2.95. The summed E-state index contributed by atoms with van der Waals surface area (Å²) in [4.78, 5) is 11.5. The summed E-state index contributed by atoms with van der Waals surface area (Å²) in [5, 5.41) is 3.35. The molecule has 0 aromatic heterocycles. The van der Waals surface area contributed by atoms with Gasteiger partial charge in [0.1, 0.15) is 0 Å². The van der Waals surface area contributed by atoms with E-state index in [2.05, 4.69) is 5.32 Å². The SMILES string of the molecule is CCC(C)NC(=O)COc1c(Cl)cc(N)cc1Cl. The van der Waals surface area contributed by atoms with Gasteiger partial charge in [0.2, 0.25) is 0 Å². The topological polar surface area (TPSA) is 64.3 Å². The largest absolute Gasteiger partial charge is 0.481 e. The monoisotopic (exact) mass is 290 g/mol. The van der Waals surface area contributed by atoms with Crippen LogP contribution in [0.2, 0.25) is 10.0 Å². The van der Waals surface area contributed by atoms with Gasteiger partial charge in [-0.25, -0.2) is 0 Å². The number of nitrogen functional groups attached to an aromatic ring is 1. The molecule has 0 aliphatic carbocycles. The number of halogens is 2. The Morgan fingerprint density at radius 3 is 2.50 bits per heavy atom. The van der Waals surface area contributed by atoms with Crippen LogP contribution < -0.4 is 15.8 Å². The van der Waals surface area contributed by atoms with Crippen LogP contribution in [0.4, 0.5) is 5.69 Å². The predicted molar refractivity (Wildman–Crippen MR) is 74.3 cm³/mol. The first-order valence-electron chi connectivity index (χ1n) is 5.60. The molecule has 0 saturated heterocycles. The predicted octanol–water partition coefficient (Wildman–Crippen LogP) is 2.87. The van der Waals surface area contributed by atoms with Crippen molar-refractivity contribution in [2.24, 2.45) is 0 Å². The first kappa shape index (κ1) is 14.9. The lowest BCUT2D eigenvalue weighted by atomic mass is 10.2. The fourth-order valence-corrected chi connectivity index (χ4v) is 1.89. The van der Waals surface area contributed by atoms with Crippen molar-refractivity contribution in [1.29, 1.82) is 0 Å². The molecule has 1 aromatic rings. The van der Waals surface area contributed by atoms with Gasteiger partial charge in [0.05, 0.1) is 10.0 Å². The fourth-order valence-electron chi connectivity index (χ4n) is 1.27. The zero-order chi connectivity index (χ0) is 13.7. The van der Waals surface area contributed by atoms with E-state index in [1.165, 1.54) is 12.1 Å². The summed E-state index contributed by atoms with van der Waals surface area (Å²) in [5.41, 5.74) is 6.01. The van der Waals surface area contributed by atoms with Crippen LogP contribution in [0.3, 0.4) is 0 Å². The standard InChI is InChI=1S/C12H16Cl2N2O2/c1-3-7(2)16-11(17)6-18-12-9(13)4-8(15)5-10(12)14/h4-5,7H,3,6,15H2,1-2H3,(H,16,17). The molecule has 0 radical (unpaired) electrons. The normalized spacial score (nSPS) is 12.0. The maximum absolute atomic E-state index is 11.5. The van der Waals surface area contributed by atoms with Crippen molar-refractivity contribution in [2.45, 2.75) is 26.3 Å². The maximum atomic E-state index is 11.5. The highest BCUT2D eigenvalue weighted by Crippen LogP contribution is 2.34. The molecule has 0 bridgehead atoms. The van der Waals surface area contributed by atoms with Crippen LogP contribution in [0.1, 0.15) is 20.3 Å². The molecule has 0 aliphatic rings. The second-order valence-electron chi connectivity index (χ2n) is 3.98. The number of rotatable bonds is 5. The van der Waals surface area contributed by atoms with Gasteiger partial charge in [0.15, 0.2) is 12.4 Å². The number of carbonyl (C=O) groups excluding carboxylic acids is 1. The lowest BCUT2D eigenvalue weighted by molar-refractivity contribution is -0.123. The zero-order valence-electron chi connectivity index (χ0n) is 10.3. The van der Waals surface area contributed by atoms with E-state index in [0.717, 1.165) is 6.42 Å². The van der Waals surface area contributed by atoms with E-state index in [-0.39, 0.29) is 34.4 Å². The van der Waals surface area contributed by atoms with Gasteiger partial charge in [-0.15, -0.1) is 0 Å². The van der Waals surface area contributed by atoms with Gasteiger partial charge in [-0.05, 0) is 25.5 Å². The molecular formula is C12H16Cl2N2O2. The molecule has 0 saturated carbocycles. The van der Waals surface area contributed by atoms with E-state index >= 15 is 0 Å². The van der Waals surface area contributed by atoms with E-state index in [1.54, 1.807) is 0 Å². The van der Waals surface area contributed by atoms with Crippen molar-refractivity contribution in [3.05, 3.63) is 22.2 Å². The fraction of sp³-hybridized carbons (Fsp3) is 0.417. The third kappa shape index (κ3) is 4.27. The van der Waals surface area contributed by atoms with E-state index in [0.29, 0.717) is 5.69 Å².